The van der Waals surface area contributed by atoms with Crippen molar-refractivity contribution in [2.24, 2.45) is 0 Å². The number of piperazine rings is 1. The quantitative estimate of drug-likeness (QED) is 0.859. The first-order valence-corrected chi connectivity index (χ1v) is 6.45. The first-order valence-electron chi connectivity index (χ1n) is 6.45. The fourth-order valence-electron chi connectivity index (χ4n) is 2.24. The fourth-order valence-corrected chi connectivity index (χ4v) is 2.24. The lowest BCUT2D eigenvalue weighted by Gasteiger charge is -2.28. The molecule has 1 aliphatic rings. The van der Waals surface area contributed by atoms with Crippen LogP contribution in [0.3, 0.4) is 0 Å². The van der Waals surface area contributed by atoms with Gasteiger partial charge < -0.3 is 10.1 Å². The Morgan fingerprint density at radius 3 is 2.76 bits per heavy atom. The summed E-state index contributed by atoms with van der Waals surface area (Å²) in [6.45, 7) is 10.3. The Kier molecular flexibility index (Phi) is 4.40. The van der Waals surface area contributed by atoms with Crippen LogP contribution in [0.2, 0.25) is 0 Å². The minimum absolute atomic E-state index is 0.734. The molecule has 1 aromatic carbocycles. The van der Waals surface area contributed by atoms with Crippen LogP contribution in [0.5, 0.6) is 5.75 Å². The van der Waals surface area contributed by atoms with Crippen molar-refractivity contribution >= 4 is 0 Å². The monoisotopic (exact) mass is 234 g/mol. The van der Waals surface area contributed by atoms with Crippen LogP contribution < -0.4 is 10.1 Å². The van der Waals surface area contributed by atoms with Gasteiger partial charge >= 0.3 is 0 Å². The molecule has 0 aliphatic carbocycles. The Bertz CT molecular complexity index is 359. The van der Waals surface area contributed by atoms with Crippen LogP contribution in [0, 0.1) is 6.92 Å². The Hall–Kier alpha value is -1.06. The maximum absolute atomic E-state index is 5.69. The number of nitrogens with one attached hydrogen (secondary N) is 1. The molecule has 1 fully saturated rings. The lowest BCUT2D eigenvalue weighted by Crippen LogP contribution is -2.42. The van der Waals surface area contributed by atoms with Crippen molar-refractivity contribution in [3.05, 3.63) is 29.3 Å². The third-order valence-corrected chi connectivity index (χ3v) is 3.12. The van der Waals surface area contributed by atoms with Gasteiger partial charge in [0.2, 0.25) is 0 Å². The predicted molar refractivity (Wildman–Crippen MR) is 70.5 cm³/mol. The van der Waals surface area contributed by atoms with E-state index in [1.807, 2.05) is 6.92 Å². The molecular weight excluding hydrogens is 212 g/mol. The summed E-state index contributed by atoms with van der Waals surface area (Å²) in [5, 5.41) is 3.38. The van der Waals surface area contributed by atoms with Gasteiger partial charge in [0.1, 0.15) is 5.75 Å². The van der Waals surface area contributed by atoms with E-state index in [4.69, 9.17) is 4.74 Å². The van der Waals surface area contributed by atoms with E-state index in [9.17, 15) is 0 Å². The van der Waals surface area contributed by atoms with Gasteiger partial charge in [0, 0.05) is 38.3 Å². The second kappa shape index (κ2) is 6.03. The summed E-state index contributed by atoms with van der Waals surface area (Å²) in [6.07, 6.45) is 0. The Morgan fingerprint density at radius 1 is 1.29 bits per heavy atom. The zero-order valence-corrected chi connectivity index (χ0v) is 10.8. The maximum atomic E-state index is 5.69. The molecule has 0 saturated carbocycles. The number of hydrogen-bond donors (Lipinski definition) is 1. The van der Waals surface area contributed by atoms with E-state index in [0.717, 1.165) is 45.1 Å². The van der Waals surface area contributed by atoms with Gasteiger partial charge in [0.05, 0.1) is 6.61 Å². The predicted octanol–water partition coefficient (Wildman–Crippen LogP) is 1.80. The van der Waals surface area contributed by atoms with Gasteiger partial charge in [-0.15, -0.1) is 0 Å². The molecule has 1 aromatic rings. The van der Waals surface area contributed by atoms with Gasteiger partial charge in [-0.3, -0.25) is 4.90 Å². The van der Waals surface area contributed by atoms with Crippen LogP contribution in [0.1, 0.15) is 18.1 Å². The van der Waals surface area contributed by atoms with Crippen molar-refractivity contribution in [1.82, 2.24) is 10.2 Å². The van der Waals surface area contributed by atoms with Crippen molar-refractivity contribution in [3.63, 3.8) is 0 Å². The minimum atomic E-state index is 0.734. The van der Waals surface area contributed by atoms with Crippen LogP contribution in [0.4, 0.5) is 0 Å². The van der Waals surface area contributed by atoms with Gasteiger partial charge in [-0.2, -0.15) is 0 Å². The number of nitrogens with zero attached hydrogens (tertiary/aromatic N) is 1. The second-order valence-electron chi connectivity index (χ2n) is 4.57. The molecule has 0 spiro atoms. The third-order valence-electron chi connectivity index (χ3n) is 3.12. The summed E-state index contributed by atoms with van der Waals surface area (Å²) < 4.78 is 5.69. The standard InChI is InChI=1S/C14H22N2O/c1-3-17-14-5-4-12(2)10-13(14)11-16-8-6-15-7-9-16/h4-5,10,15H,3,6-9,11H2,1-2H3. The van der Waals surface area contributed by atoms with Crippen molar-refractivity contribution in [3.8, 4) is 5.75 Å². The summed E-state index contributed by atoms with van der Waals surface area (Å²) >= 11 is 0. The topological polar surface area (TPSA) is 24.5 Å². The molecule has 2 rings (SSSR count). The smallest absolute Gasteiger partial charge is 0.123 e. The van der Waals surface area contributed by atoms with Gasteiger partial charge in [-0.05, 0) is 19.9 Å². The average Bonchev–Trinajstić information content (AvgIpc) is 2.34. The summed E-state index contributed by atoms with van der Waals surface area (Å²) in [7, 11) is 0. The summed E-state index contributed by atoms with van der Waals surface area (Å²) in [5.41, 5.74) is 2.62. The van der Waals surface area contributed by atoms with Crippen molar-refractivity contribution in [2.45, 2.75) is 20.4 Å². The van der Waals surface area contributed by atoms with Crippen LogP contribution in [0.15, 0.2) is 18.2 Å². The molecule has 1 aliphatic heterocycles. The fraction of sp³-hybridized carbons (Fsp3) is 0.571. The first kappa shape index (κ1) is 12.4. The largest absolute Gasteiger partial charge is 0.494 e. The highest BCUT2D eigenvalue weighted by Gasteiger charge is 2.12. The van der Waals surface area contributed by atoms with E-state index in [2.05, 4.69) is 35.3 Å². The maximum Gasteiger partial charge on any atom is 0.123 e. The van der Waals surface area contributed by atoms with Crippen LogP contribution in [0.25, 0.3) is 0 Å². The normalized spacial score (nSPS) is 17.1. The molecule has 0 aromatic heterocycles. The highest BCUT2D eigenvalue weighted by atomic mass is 16.5. The van der Waals surface area contributed by atoms with Crippen LogP contribution >= 0.6 is 0 Å². The molecule has 0 unspecified atom stereocenters. The molecule has 0 atom stereocenters. The van der Waals surface area contributed by atoms with Crippen molar-refractivity contribution in [2.75, 3.05) is 32.8 Å². The van der Waals surface area contributed by atoms with Crippen molar-refractivity contribution in [1.29, 1.82) is 0 Å². The molecule has 1 heterocycles. The second-order valence-corrected chi connectivity index (χ2v) is 4.57. The van der Waals surface area contributed by atoms with E-state index in [-0.39, 0.29) is 0 Å². The number of ether oxygens (including phenoxy) is 1. The Labute approximate surface area is 104 Å². The number of hydrogen-bond acceptors (Lipinski definition) is 3. The Balaban J connectivity index is 2.08. The van der Waals surface area contributed by atoms with Gasteiger partial charge in [-0.25, -0.2) is 0 Å². The molecule has 1 N–H and O–H groups in total. The number of aryl methyl sites for hydroxylation is 1. The van der Waals surface area contributed by atoms with E-state index < -0.39 is 0 Å². The average molecular weight is 234 g/mol. The lowest BCUT2D eigenvalue weighted by molar-refractivity contribution is 0.228. The highest BCUT2D eigenvalue weighted by molar-refractivity contribution is 5.36. The molecule has 3 heteroatoms. The molecule has 0 bridgehead atoms. The molecule has 0 amide bonds. The zero-order chi connectivity index (χ0) is 12.1. The SMILES string of the molecule is CCOc1ccc(C)cc1CN1CCNCC1. The molecule has 1 saturated heterocycles. The van der Waals surface area contributed by atoms with Gasteiger partial charge in [0.15, 0.2) is 0 Å². The van der Waals surface area contributed by atoms with Crippen molar-refractivity contribution < 1.29 is 4.74 Å². The van der Waals surface area contributed by atoms with Crippen LogP contribution in [-0.4, -0.2) is 37.7 Å². The molecular formula is C14H22N2O. The van der Waals surface area contributed by atoms with Crippen LogP contribution in [-0.2, 0) is 6.54 Å². The first-order chi connectivity index (χ1) is 8.29. The molecule has 3 nitrogen and oxygen atoms in total. The van der Waals surface area contributed by atoms with E-state index in [1.54, 1.807) is 0 Å². The van der Waals surface area contributed by atoms with E-state index in [0.29, 0.717) is 0 Å². The number of rotatable bonds is 4. The molecule has 94 valence electrons. The minimum Gasteiger partial charge on any atom is -0.494 e. The van der Waals surface area contributed by atoms with Gasteiger partial charge in [0.25, 0.3) is 0 Å². The highest BCUT2D eigenvalue weighted by Crippen LogP contribution is 2.22. The van der Waals surface area contributed by atoms with E-state index >= 15 is 0 Å². The zero-order valence-electron chi connectivity index (χ0n) is 10.8. The third kappa shape index (κ3) is 3.45. The number of benzene rings is 1. The molecule has 17 heavy (non-hydrogen) atoms. The Morgan fingerprint density at radius 2 is 2.06 bits per heavy atom. The molecule has 0 radical (unpaired) electrons. The van der Waals surface area contributed by atoms with Gasteiger partial charge in [-0.1, -0.05) is 17.7 Å². The summed E-state index contributed by atoms with van der Waals surface area (Å²) in [6, 6.07) is 6.45. The summed E-state index contributed by atoms with van der Waals surface area (Å²) in [4.78, 5) is 2.48. The summed E-state index contributed by atoms with van der Waals surface area (Å²) in [5.74, 6) is 1.04. The van der Waals surface area contributed by atoms with E-state index in [1.165, 1.54) is 11.1 Å². The lowest BCUT2D eigenvalue weighted by atomic mass is 10.1.